The van der Waals surface area contributed by atoms with Crippen LogP contribution in [0.4, 0.5) is 0 Å². The fourth-order valence-electron chi connectivity index (χ4n) is 3.99. The van der Waals surface area contributed by atoms with Crippen molar-refractivity contribution in [2.45, 2.75) is 41.0 Å². The molecule has 0 atom stereocenters. The van der Waals surface area contributed by atoms with E-state index in [9.17, 15) is 0 Å². The van der Waals surface area contributed by atoms with Crippen molar-refractivity contribution in [3.05, 3.63) is 65.5 Å². The quantitative estimate of drug-likeness (QED) is 0.452. The minimum absolute atomic E-state index is 0.256. The lowest BCUT2D eigenvalue weighted by atomic mass is 9.86. The van der Waals surface area contributed by atoms with Crippen molar-refractivity contribution in [2.75, 3.05) is 0 Å². The summed E-state index contributed by atoms with van der Waals surface area (Å²) in [5, 5.41) is 0. The van der Waals surface area contributed by atoms with Gasteiger partial charge in [-0.05, 0) is 55.0 Å². The molecule has 0 radical (unpaired) electrons. The zero-order valence-electron chi connectivity index (χ0n) is 17.2. The lowest BCUT2D eigenvalue weighted by Gasteiger charge is -2.19. The third-order valence-corrected chi connectivity index (χ3v) is 5.25. The Morgan fingerprint density at radius 1 is 1.04 bits per heavy atom. The van der Waals surface area contributed by atoms with Gasteiger partial charge in [0.15, 0.2) is 6.20 Å². The highest BCUT2D eigenvalue weighted by molar-refractivity contribution is 5.94. The predicted molar refractivity (Wildman–Crippen MR) is 112 cm³/mol. The summed E-state index contributed by atoms with van der Waals surface area (Å²) >= 11 is 0. The van der Waals surface area contributed by atoms with Gasteiger partial charge in [-0.3, -0.25) is 4.40 Å². The molecular weight excluding hydrogens is 330 g/mol. The second kappa shape index (κ2) is 6.19. The molecule has 0 spiro atoms. The lowest BCUT2D eigenvalue weighted by Crippen LogP contribution is -2.32. The first-order valence-electron chi connectivity index (χ1n) is 9.60. The Hall–Kier alpha value is -2.68. The molecule has 3 aromatic heterocycles. The van der Waals surface area contributed by atoms with Gasteiger partial charge < -0.3 is 0 Å². The Balaban J connectivity index is 2.02. The van der Waals surface area contributed by atoms with E-state index in [4.69, 9.17) is 4.98 Å². The number of aromatic nitrogens is 3. The van der Waals surface area contributed by atoms with E-state index >= 15 is 0 Å². The molecule has 0 amide bonds. The van der Waals surface area contributed by atoms with Crippen molar-refractivity contribution in [3.8, 4) is 11.3 Å². The molecule has 0 aliphatic carbocycles. The average molecular weight is 359 g/mol. The Kier molecular flexibility index (Phi) is 4.06. The summed E-state index contributed by atoms with van der Waals surface area (Å²) in [6, 6.07) is 12.9. The van der Waals surface area contributed by atoms with E-state index in [0.717, 1.165) is 23.1 Å². The second-order valence-electron chi connectivity index (χ2n) is 8.88. The van der Waals surface area contributed by atoms with Gasteiger partial charge in [-0.15, -0.1) is 0 Å². The van der Waals surface area contributed by atoms with Gasteiger partial charge in [-0.2, -0.15) is 0 Å². The number of benzene rings is 1. The smallest absolute Gasteiger partial charge is 0.215 e. The summed E-state index contributed by atoms with van der Waals surface area (Å²) < 4.78 is 4.41. The van der Waals surface area contributed by atoms with Crippen LogP contribution in [-0.4, -0.2) is 9.38 Å². The predicted octanol–water partition coefficient (Wildman–Crippen LogP) is 5.18. The van der Waals surface area contributed by atoms with Gasteiger partial charge in [0, 0.05) is 17.8 Å². The molecule has 0 saturated heterocycles. The fraction of sp³-hybridized carbons (Fsp3) is 0.333. The molecule has 0 aliphatic heterocycles. The van der Waals surface area contributed by atoms with E-state index in [2.05, 4.69) is 93.4 Å². The van der Waals surface area contributed by atoms with Gasteiger partial charge in [0.05, 0.1) is 11.1 Å². The van der Waals surface area contributed by atoms with Crippen LogP contribution in [0.25, 0.3) is 27.9 Å². The minimum Gasteiger partial charge on any atom is -0.300 e. The molecular formula is C24H28N3+. The summed E-state index contributed by atoms with van der Waals surface area (Å²) in [6.07, 6.45) is 5.40. The molecule has 4 aromatic rings. The number of rotatable bonds is 2. The van der Waals surface area contributed by atoms with Crippen LogP contribution in [0.5, 0.6) is 0 Å². The topological polar surface area (TPSA) is 21.2 Å². The third-order valence-electron chi connectivity index (χ3n) is 5.25. The zero-order valence-corrected chi connectivity index (χ0v) is 17.2. The molecule has 0 fully saturated rings. The van der Waals surface area contributed by atoms with Crippen LogP contribution in [0.3, 0.4) is 0 Å². The van der Waals surface area contributed by atoms with Gasteiger partial charge in [-0.1, -0.05) is 32.9 Å². The van der Waals surface area contributed by atoms with E-state index in [1.165, 1.54) is 27.9 Å². The summed E-state index contributed by atoms with van der Waals surface area (Å²) in [5.41, 5.74) is 9.95. The van der Waals surface area contributed by atoms with E-state index in [1.807, 2.05) is 6.07 Å². The average Bonchev–Trinajstić information content (AvgIpc) is 2.95. The molecule has 0 unspecified atom stereocenters. The van der Waals surface area contributed by atoms with Crippen molar-refractivity contribution in [3.63, 3.8) is 0 Å². The maximum absolute atomic E-state index is 4.97. The molecule has 3 heterocycles. The second-order valence-corrected chi connectivity index (χ2v) is 8.88. The summed E-state index contributed by atoms with van der Waals surface area (Å²) in [5.74, 6) is 0. The molecule has 138 valence electrons. The normalized spacial score (nSPS) is 12.2. The molecule has 3 heteroatoms. The summed E-state index contributed by atoms with van der Waals surface area (Å²) in [4.78, 5) is 4.97. The highest BCUT2D eigenvalue weighted by Crippen LogP contribution is 2.32. The number of hydrogen-bond donors (Lipinski definition) is 0. The maximum atomic E-state index is 4.97. The largest absolute Gasteiger partial charge is 0.300 e. The van der Waals surface area contributed by atoms with Gasteiger partial charge in [0.25, 0.3) is 0 Å². The van der Waals surface area contributed by atoms with Crippen LogP contribution in [0, 0.1) is 19.3 Å². The maximum Gasteiger partial charge on any atom is 0.215 e. The highest BCUT2D eigenvalue weighted by atomic mass is 15.0. The number of imidazole rings is 1. The van der Waals surface area contributed by atoms with E-state index in [-0.39, 0.29) is 5.41 Å². The van der Waals surface area contributed by atoms with Gasteiger partial charge >= 0.3 is 0 Å². The molecule has 0 aliphatic rings. The third kappa shape index (κ3) is 3.12. The van der Waals surface area contributed by atoms with Crippen LogP contribution in [0.2, 0.25) is 0 Å². The SMILES string of the molecule is Cc1c[n+](C)c(-c2c(C)ccc3c2nc2ccccn23)cc1CC(C)(C)C. The zero-order chi connectivity index (χ0) is 19.3. The first kappa shape index (κ1) is 17.7. The number of hydrogen-bond acceptors (Lipinski definition) is 1. The Labute approximate surface area is 161 Å². The number of aryl methyl sites for hydroxylation is 3. The first-order valence-corrected chi connectivity index (χ1v) is 9.60. The van der Waals surface area contributed by atoms with Gasteiger partial charge in [0.2, 0.25) is 5.69 Å². The number of fused-ring (bicyclic) bond motifs is 3. The van der Waals surface area contributed by atoms with Crippen molar-refractivity contribution in [2.24, 2.45) is 12.5 Å². The molecule has 0 N–H and O–H groups in total. The summed E-state index contributed by atoms with van der Waals surface area (Å²) in [7, 11) is 2.14. The van der Waals surface area contributed by atoms with Crippen molar-refractivity contribution < 1.29 is 4.57 Å². The standard InChI is InChI=1S/C24H28N3/c1-16-10-11-19-23(25-21-9-7-8-12-27(19)21)22(16)20-13-18(14-24(3,4)5)17(2)15-26(20)6/h7-13,15H,14H2,1-6H3/q+1. The summed E-state index contributed by atoms with van der Waals surface area (Å²) in [6.45, 7) is 11.3. The van der Waals surface area contributed by atoms with E-state index in [0.29, 0.717) is 0 Å². The van der Waals surface area contributed by atoms with Crippen LogP contribution >= 0.6 is 0 Å². The Bertz CT molecular complexity index is 1160. The molecule has 3 nitrogen and oxygen atoms in total. The Morgan fingerprint density at radius 2 is 1.81 bits per heavy atom. The lowest BCUT2D eigenvalue weighted by molar-refractivity contribution is -0.660. The van der Waals surface area contributed by atoms with Crippen molar-refractivity contribution >= 4 is 16.7 Å². The highest BCUT2D eigenvalue weighted by Gasteiger charge is 2.22. The van der Waals surface area contributed by atoms with Crippen molar-refractivity contribution in [1.29, 1.82) is 0 Å². The van der Waals surface area contributed by atoms with Crippen molar-refractivity contribution in [1.82, 2.24) is 9.38 Å². The molecule has 0 saturated carbocycles. The molecule has 27 heavy (non-hydrogen) atoms. The molecule has 4 rings (SSSR count). The number of pyridine rings is 2. The Morgan fingerprint density at radius 3 is 2.56 bits per heavy atom. The van der Waals surface area contributed by atoms with E-state index in [1.54, 1.807) is 0 Å². The van der Waals surface area contributed by atoms with Crippen LogP contribution in [-0.2, 0) is 13.5 Å². The first-order chi connectivity index (χ1) is 12.7. The van der Waals surface area contributed by atoms with Crippen LogP contribution in [0.15, 0.2) is 48.8 Å². The van der Waals surface area contributed by atoms with Crippen LogP contribution in [0.1, 0.15) is 37.5 Å². The number of nitrogens with zero attached hydrogens (tertiary/aromatic N) is 3. The van der Waals surface area contributed by atoms with Gasteiger partial charge in [-0.25, -0.2) is 9.55 Å². The molecule has 0 bridgehead atoms. The minimum atomic E-state index is 0.256. The van der Waals surface area contributed by atoms with Gasteiger partial charge in [0.1, 0.15) is 18.2 Å². The monoisotopic (exact) mass is 358 g/mol. The fourth-order valence-corrected chi connectivity index (χ4v) is 3.99. The van der Waals surface area contributed by atoms with Crippen LogP contribution < -0.4 is 4.57 Å². The van der Waals surface area contributed by atoms with E-state index < -0.39 is 0 Å². The molecule has 1 aromatic carbocycles.